The Labute approximate surface area is 149 Å². The Morgan fingerprint density at radius 1 is 1.12 bits per heavy atom. The number of amides is 1. The van der Waals surface area contributed by atoms with Crippen molar-refractivity contribution in [3.8, 4) is 6.07 Å². The van der Waals surface area contributed by atoms with Crippen LogP contribution in [-0.2, 0) is 14.8 Å². The molecule has 1 aromatic rings. The minimum Gasteiger partial charge on any atom is -0.342 e. The first kappa shape index (κ1) is 19.4. The van der Waals surface area contributed by atoms with E-state index in [1.807, 2.05) is 24.8 Å². The van der Waals surface area contributed by atoms with Crippen molar-refractivity contribution in [1.29, 1.82) is 5.26 Å². The molecule has 1 fully saturated rings. The van der Waals surface area contributed by atoms with Crippen LogP contribution in [0.15, 0.2) is 29.2 Å². The van der Waals surface area contributed by atoms with Gasteiger partial charge >= 0.3 is 0 Å². The van der Waals surface area contributed by atoms with Crippen molar-refractivity contribution in [2.24, 2.45) is 0 Å². The van der Waals surface area contributed by atoms with Crippen LogP contribution in [0.4, 0.5) is 0 Å². The van der Waals surface area contributed by atoms with Crippen LogP contribution in [0.5, 0.6) is 0 Å². The van der Waals surface area contributed by atoms with Gasteiger partial charge in [-0.3, -0.25) is 9.69 Å². The molecule has 0 saturated carbocycles. The summed E-state index contributed by atoms with van der Waals surface area (Å²) in [5.74, 6) is 0.0772. The fourth-order valence-corrected chi connectivity index (χ4v) is 4.27. The van der Waals surface area contributed by atoms with E-state index in [0.717, 1.165) is 0 Å². The molecule has 1 aliphatic heterocycles. The second-order valence-electron chi connectivity index (χ2n) is 5.88. The molecular formula is C17H24N4O3S. The molecule has 0 unspecified atom stereocenters. The van der Waals surface area contributed by atoms with Crippen molar-refractivity contribution in [3.05, 3.63) is 29.8 Å². The SMILES string of the molecule is CCN(CC)C(=O)CN1CCN(S(=O)(=O)c2ccc(C#N)cc2)CC1. The number of nitrogens with zero attached hydrogens (tertiary/aromatic N) is 4. The van der Waals surface area contributed by atoms with Gasteiger partial charge in [0, 0.05) is 39.3 Å². The smallest absolute Gasteiger partial charge is 0.243 e. The second kappa shape index (κ2) is 8.43. The molecule has 0 aliphatic carbocycles. The normalized spacial score (nSPS) is 16.4. The molecule has 8 heteroatoms. The van der Waals surface area contributed by atoms with E-state index in [2.05, 4.69) is 0 Å². The number of hydrogen-bond acceptors (Lipinski definition) is 5. The van der Waals surface area contributed by atoms with Crippen LogP contribution in [0.2, 0.25) is 0 Å². The third-order valence-electron chi connectivity index (χ3n) is 4.43. The lowest BCUT2D eigenvalue weighted by molar-refractivity contribution is -0.132. The van der Waals surface area contributed by atoms with E-state index in [-0.39, 0.29) is 10.8 Å². The number of rotatable bonds is 6. The summed E-state index contributed by atoms with van der Waals surface area (Å²) in [5, 5.41) is 8.81. The van der Waals surface area contributed by atoms with Gasteiger partial charge in [-0.15, -0.1) is 0 Å². The van der Waals surface area contributed by atoms with Gasteiger partial charge in [0.1, 0.15) is 0 Å². The molecule has 0 aromatic heterocycles. The maximum absolute atomic E-state index is 12.7. The highest BCUT2D eigenvalue weighted by Gasteiger charge is 2.29. The van der Waals surface area contributed by atoms with Crippen molar-refractivity contribution in [2.75, 3.05) is 45.8 Å². The standard InChI is InChI=1S/C17H24N4O3S/c1-3-20(4-2)17(22)14-19-9-11-21(12-10-19)25(23,24)16-7-5-15(13-18)6-8-16/h5-8H,3-4,9-12,14H2,1-2H3. The number of piperazine rings is 1. The maximum atomic E-state index is 12.7. The fourth-order valence-electron chi connectivity index (χ4n) is 2.85. The highest BCUT2D eigenvalue weighted by Crippen LogP contribution is 2.18. The molecule has 1 amide bonds. The van der Waals surface area contributed by atoms with Crippen LogP contribution < -0.4 is 0 Å². The van der Waals surface area contributed by atoms with Crippen molar-refractivity contribution < 1.29 is 13.2 Å². The summed E-state index contributed by atoms with van der Waals surface area (Å²) in [6.45, 7) is 7.36. The van der Waals surface area contributed by atoms with E-state index >= 15 is 0 Å². The first-order chi connectivity index (χ1) is 11.9. The molecule has 0 radical (unpaired) electrons. The molecule has 1 aromatic carbocycles. The van der Waals surface area contributed by atoms with E-state index in [1.54, 1.807) is 4.90 Å². The summed E-state index contributed by atoms with van der Waals surface area (Å²) >= 11 is 0. The zero-order valence-electron chi connectivity index (χ0n) is 14.7. The van der Waals surface area contributed by atoms with Gasteiger partial charge in [0.05, 0.1) is 23.1 Å². The van der Waals surface area contributed by atoms with Crippen molar-refractivity contribution >= 4 is 15.9 Å². The lowest BCUT2D eigenvalue weighted by Gasteiger charge is -2.34. The summed E-state index contributed by atoms with van der Waals surface area (Å²) in [7, 11) is -3.56. The fraction of sp³-hybridized carbons (Fsp3) is 0.529. The molecule has 1 saturated heterocycles. The average Bonchev–Trinajstić information content (AvgIpc) is 2.63. The number of carbonyl (C=O) groups is 1. The monoisotopic (exact) mass is 364 g/mol. The Balaban J connectivity index is 1.96. The van der Waals surface area contributed by atoms with Crippen molar-refractivity contribution in [2.45, 2.75) is 18.7 Å². The number of hydrogen-bond donors (Lipinski definition) is 0. The first-order valence-electron chi connectivity index (χ1n) is 8.42. The molecule has 0 atom stereocenters. The molecular weight excluding hydrogens is 340 g/mol. The molecule has 0 bridgehead atoms. The summed E-state index contributed by atoms with van der Waals surface area (Å²) < 4.78 is 26.8. The number of likely N-dealkylation sites (N-methyl/N-ethyl adjacent to an activating group) is 1. The molecule has 7 nitrogen and oxygen atoms in total. The van der Waals surface area contributed by atoms with Crippen LogP contribution in [-0.4, -0.2) is 74.2 Å². The first-order valence-corrected chi connectivity index (χ1v) is 9.86. The van der Waals surface area contributed by atoms with Gasteiger partial charge < -0.3 is 4.90 Å². The number of carbonyl (C=O) groups excluding carboxylic acids is 1. The Hall–Kier alpha value is -1.95. The van der Waals surface area contributed by atoms with Gasteiger partial charge in [-0.25, -0.2) is 8.42 Å². The Morgan fingerprint density at radius 3 is 2.16 bits per heavy atom. The van der Waals surface area contributed by atoms with Crippen LogP contribution >= 0.6 is 0 Å². The van der Waals surface area contributed by atoms with Gasteiger partial charge in [-0.05, 0) is 38.1 Å². The third kappa shape index (κ3) is 4.57. The zero-order valence-corrected chi connectivity index (χ0v) is 15.5. The van der Waals surface area contributed by atoms with E-state index in [1.165, 1.54) is 28.6 Å². The quantitative estimate of drug-likeness (QED) is 0.743. The molecule has 25 heavy (non-hydrogen) atoms. The van der Waals surface area contributed by atoms with Crippen LogP contribution in [0, 0.1) is 11.3 Å². The molecule has 1 aliphatic rings. The predicted molar refractivity (Wildman–Crippen MR) is 94.3 cm³/mol. The van der Waals surface area contributed by atoms with Gasteiger partial charge in [0.25, 0.3) is 0 Å². The minimum atomic E-state index is -3.56. The largest absolute Gasteiger partial charge is 0.342 e. The highest BCUT2D eigenvalue weighted by molar-refractivity contribution is 7.89. The minimum absolute atomic E-state index is 0.0772. The van der Waals surface area contributed by atoms with E-state index in [0.29, 0.717) is 51.4 Å². The van der Waals surface area contributed by atoms with Gasteiger partial charge in [-0.2, -0.15) is 9.57 Å². The van der Waals surface area contributed by atoms with Crippen LogP contribution in [0.25, 0.3) is 0 Å². The number of nitriles is 1. The third-order valence-corrected chi connectivity index (χ3v) is 6.34. The molecule has 0 spiro atoms. The Bertz CT molecular complexity index is 728. The zero-order chi connectivity index (χ0) is 18.4. The highest BCUT2D eigenvalue weighted by atomic mass is 32.2. The lowest BCUT2D eigenvalue weighted by Crippen LogP contribution is -2.51. The summed E-state index contributed by atoms with van der Waals surface area (Å²) in [5.41, 5.74) is 0.429. The van der Waals surface area contributed by atoms with E-state index in [9.17, 15) is 13.2 Å². The van der Waals surface area contributed by atoms with Crippen molar-refractivity contribution in [3.63, 3.8) is 0 Å². The number of sulfonamides is 1. The molecule has 2 rings (SSSR count). The molecule has 0 N–H and O–H groups in total. The molecule has 136 valence electrons. The average molecular weight is 364 g/mol. The van der Waals surface area contributed by atoms with Crippen LogP contribution in [0.3, 0.4) is 0 Å². The van der Waals surface area contributed by atoms with E-state index < -0.39 is 10.0 Å². The maximum Gasteiger partial charge on any atom is 0.243 e. The van der Waals surface area contributed by atoms with Gasteiger partial charge in [-0.1, -0.05) is 0 Å². The van der Waals surface area contributed by atoms with E-state index in [4.69, 9.17) is 5.26 Å². The molecule has 1 heterocycles. The Morgan fingerprint density at radius 2 is 1.68 bits per heavy atom. The predicted octanol–water partition coefficient (Wildman–Crippen LogP) is 0.733. The summed E-state index contributed by atoms with van der Waals surface area (Å²) in [4.78, 5) is 16.1. The lowest BCUT2D eigenvalue weighted by atomic mass is 10.2. The van der Waals surface area contributed by atoms with Crippen LogP contribution in [0.1, 0.15) is 19.4 Å². The second-order valence-corrected chi connectivity index (χ2v) is 7.82. The summed E-state index contributed by atoms with van der Waals surface area (Å²) in [6, 6.07) is 7.91. The van der Waals surface area contributed by atoms with Crippen molar-refractivity contribution in [1.82, 2.24) is 14.1 Å². The van der Waals surface area contributed by atoms with Gasteiger partial charge in [0.2, 0.25) is 15.9 Å². The van der Waals surface area contributed by atoms with Gasteiger partial charge in [0.15, 0.2) is 0 Å². The Kier molecular flexibility index (Phi) is 6.53. The summed E-state index contributed by atoms with van der Waals surface area (Å²) in [6.07, 6.45) is 0. The number of benzene rings is 1. The topological polar surface area (TPSA) is 84.7 Å².